The van der Waals surface area contributed by atoms with Crippen molar-refractivity contribution in [3.8, 4) is 0 Å². The van der Waals surface area contributed by atoms with Gasteiger partial charge in [0.2, 0.25) is 0 Å². The molecule has 100 valence electrons. The first-order valence-corrected chi connectivity index (χ1v) is 7.34. The van der Waals surface area contributed by atoms with E-state index in [0.29, 0.717) is 11.0 Å². The summed E-state index contributed by atoms with van der Waals surface area (Å²) < 4.78 is 19.6. The van der Waals surface area contributed by atoms with Crippen molar-refractivity contribution in [2.24, 2.45) is 0 Å². The van der Waals surface area contributed by atoms with Crippen LogP contribution in [0.1, 0.15) is 25.3 Å². The van der Waals surface area contributed by atoms with E-state index in [1.54, 1.807) is 13.2 Å². The van der Waals surface area contributed by atoms with Crippen molar-refractivity contribution in [2.45, 2.75) is 30.7 Å². The van der Waals surface area contributed by atoms with Gasteiger partial charge >= 0.3 is 0 Å². The lowest BCUT2D eigenvalue weighted by Gasteiger charge is -2.40. The number of rotatable bonds is 3. The fraction of sp³-hybridized carbons (Fsp3) is 0.571. The van der Waals surface area contributed by atoms with Gasteiger partial charge in [-0.3, -0.25) is 0 Å². The summed E-state index contributed by atoms with van der Waals surface area (Å²) in [4.78, 5) is 2.08. The predicted octanol–water partition coefficient (Wildman–Crippen LogP) is 3.73. The molecule has 1 saturated heterocycles. The quantitative estimate of drug-likeness (QED) is 0.788. The minimum atomic E-state index is -0.168. The molecule has 1 heterocycles. The van der Waals surface area contributed by atoms with E-state index in [1.807, 2.05) is 12.1 Å². The maximum atomic E-state index is 14.1. The lowest BCUT2D eigenvalue weighted by molar-refractivity contribution is -0.00476. The molecule has 18 heavy (non-hydrogen) atoms. The number of anilines is 1. The summed E-state index contributed by atoms with van der Waals surface area (Å²) in [7, 11) is 1.73. The maximum Gasteiger partial charge on any atom is 0.146 e. The van der Waals surface area contributed by atoms with Crippen LogP contribution in [0.15, 0.2) is 18.2 Å². The van der Waals surface area contributed by atoms with E-state index in [2.05, 4.69) is 27.8 Å². The Morgan fingerprint density at radius 1 is 1.50 bits per heavy atom. The van der Waals surface area contributed by atoms with Crippen molar-refractivity contribution in [1.29, 1.82) is 0 Å². The normalized spacial score (nSPS) is 24.3. The van der Waals surface area contributed by atoms with Crippen molar-refractivity contribution in [1.82, 2.24) is 0 Å². The minimum absolute atomic E-state index is 0.146. The van der Waals surface area contributed by atoms with E-state index in [9.17, 15) is 4.39 Å². The molecule has 0 aliphatic carbocycles. The van der Waals surface area contributed by atoms with Gasteiger partial charge in [0.1, 0.15) is 5.82 Å². The predicted molar refractivity (Wildman–Crippen MR) is 75.9 cm³/mol. The fourth-order valence-electron chi connectivity index (χ4n) is 2.47. The van der Waals surface area contributed by atoms with Crippen molar-refractivity contribution in [3.05, 3.63) is 29.6 Å². The van der Waals surface area contributed by atoms with Gasteiger partial charge in [0, 0.05) is 25.5 Å². The van der Waals surface area contributed by atoms with Crippen LogP contribution < -0.4 is 4.90 Å². The van der Waals surface area contributed by atoms with Crippen LogP contribution in [-0.2, 0) is 10.1 Å². The molecule has 0 amide bonds. The number of nitrogens with zero attached hydrogens (tertiary/aromatic N) is 1. The smallest absolute Gasteiger partial charge is 0.146 e. The number of alkyl halides is 1. The van der Waals surface area contributed by atoms with Crippen molar-refractivity contribution in [2.75, 3.05) is 25.1 Å². The third-order valence-electron chi connectivity index (χ3n) is 3.66. The zero-order valence-electron chi connectivity index (χ0n) is 10.9. The van der Waals surface area contributed by atoms with Crippen molar-refractivity contribution >= 4 is 21.6 Å². The highest BCUT2D eigenvalue weighted by atomic mass is 79.9. The molecule has 0 bridgehead atoms. The number of hydrogen-bond acceptors (Lipinski definition) is 2. The van der Waals surface area contributed by atoms with Gasteiger partial charge in [-0.1, -0.05) is 22.0 Å². The molecule has 4 heteroatoms. The van der Waals surface area contributed by atoms with Gasteiger partial charge in [0.05, 0.1) is 11.3 Å². The van der Waals surface area contributed by atoms with Gasteiger partial charge in [-0.05, 0) is 37.5 Å². The van der Waals surface area contributed by atoms with Crippen LogP contribution in [0.5, 0.6) is 0 Å². The summed E-state index contributed by atoms with van der Waals surface area (Å²) in [5.41, 5.74) is 1.48. The molecule has 0 saturated carbocycles. The molecule has 1 atom stereocenters. The summed E-state index contributed by atoms with van der Waals surface area (Å²) in [5, 5.41) is 0.681. The third kappa shape index (κ3) is 2.86. The fourth-order valence-corrected chi connectivity index (χ4v) is 2.82. The number of ether oxygens (including phenoxy) is 1. The van der Waals surface area contributed by atoms with Crippen LogP contribution in [0.3, 0.4) is 0 Å². The second-order valence-corrected chi connectivity index (χ2v) is 5.66. The van der Waals surface area contributed by atoms with E-state index in [4.69, 9.17) is 4.74 Å². The highest BCUT2D eigenvalue weighted by molar-refractivity contribution is 9.08. The Balaban J connectivity index is 2.21. The van der Waals surface area contributed by atoms with Gasteiger partial charge in [0.25, 0.3) is 0 Å². The molecule has 0 aromatic heterocycles. The maximum absolute atomic E-state index is 14.1. The first-order chi connectivity index (χ1) is 8.58. The first-order valence-electron chi connectivity index (χ1n) is 6.22. The highest BCUT2D eigenvalue weighted by Crippen LogP contribution is 2.30. The lowest BCUT2D eigenvalue weighted by atomic mass is 9.94. The zero-order valence-corrected chi connectivity index (χ0v) is 12.5. The van der Waals surface area contributed by atoms with Crippen molar-refractivity contribution < 1.29 is 9.13 Å². The Hall–Kier alpha value is -0.610. The molecule has 1 aromatic carbocycles. The second kappa shape index (κ2) is 5.57. The molecule has 2 nitrogen and oxygen atoms in total. The average Bonchev–Trinajstić information content (AvgIpc) is 2.38. The SMILES string of the molecule is COC1(C)CCCN(c2ccc(CBr)cc2F)C1. The molecule has 1 aliphatic heterocycles. The summed E-state index contributed by atoms with van der Waals surface area (Å²) in [6, 6.07) is 5.43. The second-order valence-electron chi connectivity index (χ2n) is 5.10. The molecule has 1 aliphatic rings. The van der Waals surface area contributed by atoms with Crippen molar-refractivity contribution in [3.63, 3.8) is 0 Å². The number of methoxy groups -OCH3 is 1. The average molecular weight is 316 g/mol. The lowest BCUT2D eigenvalue weighted by Crippen LogP contribution is -2.47. The zero-order chi connectivity index (χ0) is 13.2. The molecule has 0 N–H and O–H groups in total. The molecule has 1 fully saturated rings. The van der Waals surface area contributed by atoms with E-state index in [-0.39, 0.29) is 11.4 Å². The van der Waals surface area contributed by atoms with Crippen LogP contribution >= 0.6 is 15.9 Å². The topological polar surface area (TPSA) is 12.5 Å². The van der Waals surface area contributed by atoms with Crippen LogP contribution in [0.2, 0.25) is 0 Å². The minimum Gasteiger partial charge on any atom is -0.377 e. The molecule has 0 spiro atoms. The summed E-state index contributed by atoms with van der Waals surface area (Å²) in [6.07, 6.45) is 2.06. The van der Waals surface area contributed by atoms with Crippen LogP contribution in [0.25, 0.3) is 0 Å². The van der Waals surface area contributed by atoms with Gasteiger partial charge in [-0.25, -0.2) is 4.39 Å². The van der Waals surface area contributed by atoms with Gasteiger partial charge in [-0.15, -0.1) is 0 Å². The summed E-state index contributed by atoms with van der Waals surface area (Å²) in [6.45, 7) is 3.72. The Labute approximate surface area is 116 Å². The Bertz CT molecular complexity index is 426. The molecule has 1 aromatic rings. The summed E-state index contributed by atoms with van der Waals surface area (Å²) in [5.74, 6) is -0.146. The summed E-state index contributed by atoms with van der Waals surface area (Å²) >= 11 is 3.34. The standard InChI is InChI=1S/C14H19BrFNO/c1-14(18-2)6-3-7-17(10-14)13-5-4-11(9-15)8-12(13)16/h4-5,8H,3,6-7,9-10H2,1-2H3. The van der Waals surface area contributed by atoms with E-state index >= 15 is 0 Å². The molecular weight excluding hydrogens is 297 g/mol. The van der Waals surface area contributed by atoms with Gasteiger partial charge in [0.15, 0.2) is 0 Å². The van der Waals surface area contributed by atoms with E-state index in [1.165, 1.54) is 0 Å². The molecule has 0 radical (unpaired) electrons. The van der Waals surface area contributed by atoms with E-state index < -0.39 is 0 Å². The van der Waals surface area contributed by atoms with Crippen LogP contribution in [0, 0.1) is 5.82 Å². The Kier molecular flexibility index (Phi) is 4.28. The Morgan fingerprint density at radius 2 is 2.28 bits per heavy atom. The molecular formula is C14H19BrFNO. The Morgan fingerprint density at radius 3 is 2.89 bits per heavy atom. The highest BCUT2D eigenvalue weighted by Gasteiger charge is 2.31. The van der Waals surface area contributed by atoms with Crippen LogP contribution in [-0.4, -0.2) is 25.8 Å². The van der Waals surface area contributed by atoms with Crippen LogP contribution in [0.4, 0.5) is 10.1 Å². The molecule has 1 unspecified atom stereocenters. The largest absolute Gasteiger partial charge is 0.377 e. The monoisotopic (exact) mass is 315 g/mol. The molecule has 2 rings (SSSR count). The number of hydrogen-bond donors (Lipinski definition) is 0. The first kappa shape index (κ1) is 13.8. The third-order valence-corrected chi connectivity index (χ3v) is 4.31. The number of benzene rings is 1. The van der Waals surface area contributed by atoms with E-state index in [0.717, 1.165) is 31.5 Å². The number of halogens is 2. The number of piperidine rings is 1. The van der Waals surface area contributed by atoms with Gasteiger partial charge < -0.3 is 9.64 Å². The van der Waals surface area contributed by atoms with Gasteiger partial charge in [-0.2, -0.15) is 0 Å².